The summed E-state index contributed by atoms with van der Waals surface area (Å²) in [4.78, 5) is 6.99. The molecule has 0 radical (unpaired) electrons. The second kappa shape index (κ2) is 11.3. The van der Waals surface area contributed by atoms with Crippen LogP contribution in [-0.4, -0.2) is 25.2 Å². The first-order valence-corrected chi connectivity index (χ1v) is 10.1. The Bertz CT molecular complexity index is 836. The lowest BCUT2D eigenvalue weighted by atomic mass is 10.0. The van der Waals surface area contributed by atoms with Gasteiger partial charge in [0.05, 0.1) is 5.69 Å². The van der Waals surface area contributed by atoms with E-state index in [4.69, 9.17) is 0 Å². The van der Waals surface area contributed by atoms with Crippen LogP contribution in [0.25, 0.3) is 0 Å². The Labute approximate surface area is 172 Å². The zero-order chi connectivity index (χ0) is 20.4. The number of aryl methyl sites for hydroxylation is 1. The lowest BCUT2D eigenvalue weighted by Crippen LogP contribution is -2.24. The first-order valence-electron chi connectivity index (χ1n) is 9.21. The molecule has 2 aromatic carbocycles. The minimum atomic E-state index is -0.197. The molecule has 3 rings (SSSR count). The number of allylic oxidation sites excluding steroid dienone is 3. The Kier molecular flexibility index (Phi) is 8.76. The summed E-state index contributed by atoms with van der Waals surface area (Å²) in [5, 5.41) is 2.02. The number of likely N-dealkylation sites (tertiary alicyclic amines) is 1. The molecule has 0 bridgehead atoms. The van der Waals surface area contributed by atoms with Crippen LogP contribution in [-0.2, 0) is 0 Å². The molecule has 0 atom stereocenters. The van der Waals surface area contributed by atoms with E-state index in [9.17, 15) is 4.39 Å². The Morgan fingerprint density at radius 2 is 1.79 bits per heavy atom. The van der Waals surface area contributed by atoms with Crippen molar-refractivity contribution in [2.75, 3.05) is 13.6 Å². The second-order valence-corrected chi connectivity index (χ2v) is 7.54. The molecule has 0 spiro atoms. The van der Waals surface area contributed by atoms with Crippen LogP contribution < -0.4 is 0 Å². The number of hydrogen-bond acceptors (Lipinski definition) is 3. The molecule has 28 heavy (non-hydrogen) atoms. The van der Waals surface area contributed by atoms with Crippen molar-refractivity contribution in [3.8, 4) is 0 Å². The third-order valence-corrected chi connectivity index (χ3v) is 5.22. The molecule has 0 saturated carbocycles. The first kappa shape index (κ1) is 21.7. The summed E-state index contributed by atoms with van der Waals surface area (Å²) in [6.45, 7) is 10.6. The van der Waals surface area contributed by atoms with E-state index in [2.05, 4.69) is 36.3 Å². The number of nitrogens with zero attached hydrogens (tertiary/aromatic N) is 2. The molecule has 0 unspecified atom stereocenters. The Hall–Kier alpha value is -2.59. The van der Waals surface area contributed by atoms with Crippen molar-refractivity contribution in [2.24, 2.45) is 4.99 Å². The van der Waals surface area contributed by atoms with Gasteiger partial charge in [0.2, 0.25) is 0 Å². The number of halogens is 1. The Balaban J connectivity index is 0.000000261. The van der Waals surface area contributed by atoms with Crippen molar-refractivity contribution in [1.29, 1.82) is 0 Å². The van der Waals surface area contributed by atoms with Crippen molar-refractivity contribution in [3.63, 3.8) is 0 Å². The fraction of sp³-hybridized carbons (Fsp3) is 0.208. The topological polar surface area (TPSA) is 15.6 Å². The highest BCUT2D eigenvalue weighted by Crippen LogP contribution is 2.24. The highest BCUT2D eigenvalue weighted by molar-refractivity contribution is 8.02. The van der Waals surface area contributed by atoms with Gasteiger partial charge >= 0.3 is 0 Å². The van der Waals surface area contributed by atoms with E-state index < -0.39 is 0 Å². The Morgan fingerprint density at radius 3 is 2.43 bits per heavy atom. The number of likely N-dealkylation sites (N-methyl/N-ethyl adjacent to an activating group) is 1. The molecule has 1 saturated heterocycles. The van der Waals surface area contributed by atoms with E-state index in [0.717, 1.165) is 29.2 Å². The summed E-state index contributed by atoms with van der Waals surface area (Å²) < 4.78 is 12.7. The molecule has 2 nitrogen and oxygen atoms in total. The third kappa shape index (κ3) is 7.20. The molecule has 1 aliphatic heterocycles. The van der Waals surface area contributed by atoms with Gasteiger partial charge in [0.25, 0.3) is 0 Å². The average molecular weight is 395 g/mol. The minimum absolute atomic E-state index is 0.197. The number of benzene rings is 2. The van der Waals surface area contributed by atoms with Crippen molar-refractivity contribution in [3.05, 3.63) is 95.3 Å². The highest BCUT2D eigenvalue weighted by Gasteiger charge is 2.12. The lowest BCUT2D eigenvalue weighted by Gasteiger charge is -2.28. The summed E-state index contributed by atoms with van der Waals surface area (Å²) in [7, 11) is 2.08. The number of thioether (sulfide) groups is 1. The molecule has 0 N–H and O–H groups in total. The van der Waals surface area contributed by atoms with E-state index in [0.29, 0.717) is 0 Å². The maximum atomic E-state index is 12.7. The lowest BCUT2D eigenvalue weighted by molar-refractivity contribution is 0.386. The monoisotopic (exact) mass is 394 g/mol. The van der Waals surface area contributed by atoms with Crippen LogP contribution in [0.15, 0.2) is 93.8 Å². The fourth-order valence-electron chi connectivity index (χ4n) is 2.65. The van der Waals surface area contributed by atoms with Crippen LogP contribution >= 0.6 is 11.8 Å². The molecular weight excluding hydrogens is 367 g/mol. The van der Waals surface area contributed by atoms with Gasteiger partial charge in [-0.2, -0.15) is 0 Å². The molecular formula is C24H27FN2S. The smallest absolute Gasteiger partial charge is 0.123 e. The third-order valence-electron chi connectivity index (χ3n) is 4.38. The molecule has 0 aliphatic carbocycles. The van der Waals surface area contributed by atoms with Crippen LogP contribution in [0.1, 0.15) is 18.4 Å². The Morgan fingerprint density at radius 1 is 1.11 bits per heavy atom. The molecule has 0 aromatic heterocycles. The van der Waals surface area contributed by atoms with Gasteiger partial charge in [-0.05, 0) is 73.9 Å². The normalized spacial score (nSPS) is 15.5. The molecule has 1 fully saturated rings. The quantitative estimate of drug-likeness (QED) is 0.413. The maximum Gasteiger partial charge on any atom is 0.123 e. The van der Waals surface area contributed by atoms with Crippen LogP contribution in [0.4, 0.5) is 10.1 Å². The summed E-state index contributed by atoms with van der Waals surface area (Å²) in [5.74, 6) is -0.197. The molecule has 0 amide bonds. The van der Waals surface area contributed by atoms with Crippen LogP contribution in [0.3, 0.4) is 0 Å². The van der Waals surface area contributed by atoms with Gasteiger partial charge in [-0.25, -0.2) is 4.39 Å². The van der Waals surface area contributed by atoms with Crippen LogP contribution in [0.5, 0.6) is 0 Å². The number of rotatable bonds is 4. The number of aliphatic imine (C=N–C) groups is 1. The summed E-state index contributed by atoms with van der Waals surface area (Å²) in [6, 6.07) is 14.5. The van der Waals surface area contributed by atoms with Crippen LogP contribution in [0.2, 0.25) is 0 Å². The molecule has 1 heterocycles. The predicted molar refractivity (Wildman–Crippen MR) is 121 cm³/mol. The maximum absolute atomic E-state index is 12.7. The summed E-state index contributed by atoms with van der Waals surface area (Å²) in [5.41, 5.74) is 4.59. The van der Waals surface area contributed by atoms with E-state index in [1.54, 1.807) is 23.9 Å². The van der Waals surface area contributed by atoms with Gasteiger partial charge in [-0.1, -0.05) is 48.2 Å². The summed E-state index contributed by atoms with van der Waals surface area (Å²) in [6.07, 6.45) is 6.43. The van der Waals surface area contributed by atoms with Crippen molar-refractivity contribution < 1.29 is 4.39 Å². The van der Waals surface area contributed by atoms with Gasteiger partial charge < -0.3 is 4.90 Å². The minimum Gasteiger partial charge on any atom is -0.375 e. The van der Waals surface area contributed by atoms with Gasteiger partial charge in [0, 0.05) is 24.2 Å². The standard InChI is InChI=1S/C16H18FNS.C8H9N/c1-13-14(5-3-11-18(13)2)6-4-12-19-16-9-7-15(17)8-10-16;1-7-3-5-8(9-2)6-4-7/h4,6-10,12H,1,3,5,11H2,2H3;3-6H,2H2,1H3/b12-4?,14-6+;. The second-order valence-electron chi connectivity index (χ2n) is 6.56. The average Bonchev–Trinajstić information content (AvgIpc) is 2.71. The van der Waals surface area contributed by atoms with E-state index in [-0.39, 0.29) is 5.82 Å². The highest BCUT2D eigenvalue weighted by atomic mass is 32.2. The van der Waals surface area contributed by atoms with Crippen molar-refractivity contribution >= 4 is 24.2 Å². The predicted octanol–water partition coefficient (Wildman–Crippen LogP) is 6.92. The van der Waals surface area contributed by atoms with Crippen LogP contribution in [0, 0.1) is 12.7 Å². The molecule has 1 aliphatic rings. The molecule has 4 heteroatoms. The van der Waals surface area contributed by atoms with Gasteiger partial charge in [-0.3, -0.25) is 4.99 Å². The number of piperidine rings is 1. The van der Waals surface area contributed by atoms with Crippen molar-refractivity contribution in [1.82, 2.24) is 4.90 Å². The van der Waals surface area contributed by atoms with Gasteiger partial charge in [-0.15, -0.1) is 0 Å². The molecule has 2 aromatic rings. The van der Waals surface area contributed by atoms with E-state index in [1.807, 2.05) is 42.7 Å². The fourth-order valence-corrected chi connectivity index (χ4v) is 3.25. The van der Waals surface area contributed by atoms with Gasteiger partial charge in [0.1, 0.15) is 5.82 Å². The SMILES string of the molecule is C=C1/C(=C/C=CSc2ccc(F)cc2)CCCN1C.C=Nc1ccc(C)cc1. The van der Waals surface area contributed by atoms with E-state index in [1.165, 1.54) is 29.7 Å². The largest absolute Gasteiger partial charge is 0.375 e. The number of hydrogen-bond donors (Lipinski definition) is 0. The molecule has 146 valence electrons. The summed E-state index contributed by atoms with van der Waals surface area (Å²) >= 11 is 1.58. The van der Waals surface area contributed by atoms with Gasteiger partial charge in [0.15, 0.2) is 0 Å². The van der Waals surface area contributed by atoms with E-state index >= 15 is 0 Å². The van der Waals surface area contributed by atoms with Crippen molar-refractivity contribution in [2.45, 2.75) is 24.7 Å². The zero-order valence-electron chi connectivity index (χ0n) is 16.6. The first-order chi connectivity index (χ1) is 13.5. The zero-order valence-corrected chi connectivity index (χ0v) is 17.4.